The van der Waals surface area contributed by atoms with Crippen LogP contribution in [-0.2, 0) is 5.33 Å². The first-order valence-electron chi connectivity index (χ1n) is 5.31. The van der Waals surface area contributed by atoms with Gasteiger partial charge in [0.2, 0.25) is 0 Å². The van der Waals surface area contributed by atoms with Gasteiger partial charge in [-0.3, -0.25) is 0 Å². The Morgan fingerprint density at radius 1 is 1.25 bits per heavy atom. The molecule has 84 valence electrons. The fourth-order valence-electron chi connectivity index (χ4n) is 1.42. The molecule has 16 heavy (non-hydrogen) atoms. The Morgan fingerprint density at radius 2 is 1.94 bits per heavy atom. The minimum Gasteiger partial charge on any atom is -0.241 e. The van der Waals surface area contributed by atoms with Crippen molar-refractivity contribution in [3.05, 3.63) is 40.9 Å². The Hall–Kier alpha value is -0.670. The van der Waals surface area contributed by atoms with Crippen molar-refractivity contribution in [2.24, 2.45) is 0 Å². The average Bonchev–Trinajstić information content (AvgIpc) is 2.78. The molecule has 0 aliphatic rings. The summed E-state index contributed by atoms with van der Waals surface area (Å²) in [5.74, 6) is 0.506. The van der Waals surface area contributed by atoms with Gasteiger partial charge in [0.05, 0.1) is 5.69 Å². The zero-order valence-corrected chi connectivity index (χ0v) is 11.8. The van der Waals surface area contributed by atoms with Crippen LogP contribution in [-0.4, -0.2) is 4.98 Å². The number of rotatable bonds is 3. The standard InChI is InChI=1S/C13H14BrNS/c1-9(2)12-8-16-13(15-12)11-5-3-10(7-14)4-6-11/h3-6,8-9H,7H2,1-2H3. The van der Waals surface area contributed by atoms with E-state index in [2.05, 4.69) is 64.4 Å². The summed E-state index contributed by atoms with van der Waals surface area (Å²) in [6.45, 7) is 4.35. The Labute approximate surface area is 109 Å². The zero-order chi connectivity index (χ0) is 11.5. The molecule has 0 saturated heterocycles. The van der Waals surface area contributed by atoms with Crippen LogP contribution >= 0.6 is 27.3 Å². The number of benzene rings is 1. The van der Waals surface area contributed by atoms with Gasteiger partial charge in [0.25, 0.3) is 0 Å². The van der Waals surface area contributed by atoms with E-state index in [1.807, 2.05) is 0 Å². The molecule has 0 aliphatic heterocycles. The van der Waals surface area contributed by atoms with Gasteiger partial charge in [-0.15, -0.1) is 11.3 Å². The van der Waals surface area contributed by atoms with Crippen LogP contribution in [0.25, 0.3) is 10.6 Å². The first kappa shape index (κ1) is 11.8. The van der Waals surface area contributed by atoms with E-state index in [-0.39, 0.29) is 0 Å². The predicted octanol–water partition coefficient (Wildman–Crippen LogP) is 4.83. The largest absolute Gasteiger partial charge is 0.241 e. The van der Waals surface area contributed by atoms with E-state index >= 15 is 0 Å². The van der Waals surface area contributed by atoms with Crippen molar-refractivity contribution < 1.29 is 0 Å². The molecule has 0 saturated carbocycles. The van der Waals surface area contributed by atoms with Crippen molar-refractivity contribution in [2.45, 2.75) is 25.1 Å². The average molecular weight is 296 g/mol. The molecule has 0 radical (unpaired) electrons. The van der Waals surface area contributed by atoms with E-state index in [1.165, 1.54) is 16.8 Å². The summed E-state index contributed by atoms with van der Waals surface area (Å²) >= 11 is 5.17. The van der Waals surface area contributed by atoms with E-state index in [4.69, 9.17) is 0 Å². The van der Waals surface area contributed by atoms with Crippen LogP contribution in [0, 0.1) is 0 Å². The molecular formula is C13H14BrNS. The highest BCUT2D eigenvalue weighted by Gasteiger charge is 2.07. The van der Waals surface area contributed by atoms with Gasteiger partial charge in [-0.05, 0) is 11.5 Å². The van der Waals surface area contributed by atoms with E-state index in [0.717, 1.165) is 10.3 Å². The Bertz CT molecular complexity index is 459. The molecule has 2 rings (SSSR count). The first-order valence-corrected chi connectivity index (χ1v) is 7.31. The summed E-state index contributed by atoms with van der Waals surface area (Å²) in [5.41, 5.74) is 3.69. The minimum absolute atomic E-state index is 0.506. The lowest BCUT2D eigenvalue weighted by Gasteiger charge is -1.99. The third-order valence-electron chi connectivity index (χ3n) is 2.47. The highest BCUT2D eigenvalue weighted by Crippen LogP contribution is 2.27. The molecule has 0 amide bonds. The van der Waals surface area contributed by atoms with Crippen molar-refractivity contribution in [1.29, 1.82) is 0 Å². The lowest BCUT2D eigenvalue weighted by atomic mass is 10.1. The first-order chi connectivity index (χ1) is 7.70. The summed E-state index contributed by atoms with van der Waals surface area (Å²) in [5, 5.41) is 4.17. The van der Waals surface area contributed by atoms with Gasteiger partial charge < -0.3 is 0 Å². The van der Waals surface area contributed by atoms with Crippen molar-refractivity contribution in [3.63, 3.8) is 0 Å². The maximum Gasteiger partial charge on any atom is 0.123 e. The minimum atomic E-state index is 0.506. The molecule has 0 atom stereocenters. The van der Waals surface area contributed by atoms with Crippen LogP contribution in [0.3, 0.4) is 0 Å². The molecule has 1 heterocycles. The molecule has 0 fully saturated rings. The Kier molecular flexibility index (Phi) is 3.77. The third-order valence-corrected chi connectivity index (χ3v) is 4.03. The highest BCUT2D eigenvalue weighted by molar-refractivity contribution is 9.08. The van der Waals surface area contributed by atoms with Gasteiger partial charge in [0.15, 0.2) is 0 Å². The summed E-state index contributed by atoms with van der Waals surface area (Å²) in [7, 11) is 0. The second kappa shape index (κ2) is 5.11. The molecule has 1 aromatic carbocycles. The van der Waals surface area contributed by atoms with Crippen LogP contribution in [0.5, 0.6) is 0 Å². The topological polar surface area (TPSA) is 12.9 Å². The molecule has 3 heteroatoms. The molecule has 0 unspecified atom stereocenters. The van der Waals surface area contributed by atoms with Gasteiger partial charge in [0.1, 0.15) is 5.01 Å². The Balaban J connectivity index is 2.28. The van der Waals surface area contributed by atoms with Gasteiger partial charge in [-0.25, -0.2) is 4.98 Å². The molecule has 0 spiro atoms. The number of thiazole rings is 1. The summed E-state index contributed by atoms with van der Waals surface area (Å²) in [6.07, 6.45) is 0. The number of hydrogen-bond acceptors (Lipinski definition) is 2. The number of alkyl halides is 1. The van der Waals surface area contributed by atoms with Crippen molar-refractivity contribution >= 4 is 27.3 Å². The molecule has 0 N–H and O–H groups in total. The fourth-order valence-corrected chi connectivity index (χ4v) is 2.78. The SMILES string of the molecule is CC(C)c1csc(-c2ccc(CBr)cc2)n1. The Morgan fingerprint density at radius 3 is 2.44 bits per heavy atom. The second-order valence-corrected chi connectivity index (χ2v) is 5.48. The number of hydrogen-bond donors (Lipinski definition) is 0. The van der Waals surface area contributed by atoms with E-state index < -0.39 is 0 Å². The fraction of sp³-hybridized carbons (Fsp3) is 0.308. The summed E-state index contributed by atoms with van der Waals surface area (Å²) in [6, 6.07) is 8.56. The molecule has 1 aromatic heterocycles. The van der Waals surface area contributed by atoms with E-state index in [0.29, 0.717) is 5.92 Å². The normalized spacial score (nSPS) is 11.0. The van der Waals surface area contributed by atoms with Crippen LogP contribution in [0.2, 0.25) is 0 Å². The lowest BCUT2D eigenvalue weighted by molar-refractivity contribution is 0.834. The number of halogens is 1. The lowest BCUT2D eigenvalue weighted by Crippen LogP contribution is -1.86. The number of aromatic nitrogens is 1. The van der Waals surface area contributed by atoms with E-state index in [9.17, 15) is 0 Å². The van der Waals surface area contributed by atoms with Gasteiger partial charge >= 0.3 is 0 Å². The van der Waals surface area contributed by atoms with Crippen molar-refractivity contribution in [2.75, 3.05) is 0 Å². The van der Waals surface area contributed by atoms with Gasteiger partial charge in [0, 0.05) is 16.3 Å². The molecule has 0 bridgehead atoms. The summed E-state index contributed by atoms with van der Waals surface area (Å²) in [4.78, 5) is 4.64. The van der Waals surface area contributed by atoms with Crippen LogP contribution in [0.4, 0.5) is 0 Å². The number of nitrogens with zero attached hydrogens (tertiary/aromatic N) is 1. The predicted molar refractivity (Wildman–Crippen MR) is 74.3 cm³/mol. The highest BCUT2D eigenvalue weighted by atomic mass is 79.9. The van der Waals surface area contributed by atoms with Crippen molar-refractivity contribution in [3.8, 4) is 10.6 Å². The molecule has 1 nitrogen and oxygen atoms in total. The van der Waals surface area contributed by atoms with Crippen LogP contribution in [0.15, 0.2) is 29.6 Å². The monoisotopic (exact) mass is 295 g/mol. The maximum atomic E-state index is 4.64. The van der Waals surface area contributed by atoms with Crippen LogP contribution in [0.1, 0.15) is 31.0 Å². The third kappa shape index (κ3) is 2.53. The van der Waals surface area contributed by atoms with Crippen molar-refractivity contribution in [1.82, 2.24) is 4.98 Å². The van der Waals surface area contributed by atoms with Gasteiger partial charge in [-0.2, -0.15) is 0 Å². The summed E-state index contributed by atoms with van der Waals surface area (Å²) < 4.78 is 0. The maximum absolute atomic E-state index is 4.64. The van der Waals surface area contributed by atoms with Gasteiger partial charge in [-0.1, -0.05) is 54.0 Å². The molecular weight excluding hydrogens is 282 g/mol. The van der Waals surface area contributed by atoms with E-state index in [1.54, 1.807) is 11.3 Å². The van der Waals surface area contributed by atoms with Crippen LogP contribution < -0.4 is 0 Å². The zero-order valence-electron chi connectivity index (χ0n) is 9.40. The molecule has 2 aromatic rings. The smallest absolute Gasteiger partial charge is 0.123 e. The second-order valence-electron chi connectivity index (χ2n) is 4.06. The molecule has 0 aliphatic carbocycles. The quantitative estimate of drug-likeness (QED) is 0.739.